The molecule has 4 aromatic heterocycles. The van der Waals surface area contributed by atoms with Crippen LogP contribution < -0.4 is 11.1 Å². The SMILES string of the molecule is CCc1cc2c(=O)n(Cc3nnc4n(CC)c(=O)c5ccccc5n34)cnc2s1. The van der Waals surface area contributed by atoms with E-state index in [2.05, 4.69) is 22.1 Å². The zero-order valence-corrected chi connectivity index (χ0v) is 16.8. The van der Waals surface area contributed by atoms with Crippen molar-refractivity contribution in [1.29, 1.82) is 0 Å². The van der Waals surface area contributed by atoms with Crippen molar-refractivity contribution in [2.45, 2.75) is 33.4 Å². The molecule has 1 aromatic carbocycles. The Balaban J connectivity index is 1.74. The molecule has 0 bridgehead atoms. The molecule has 0 fully saturated rings. The molecule has 0 atom stereocenters. The predicted molar refractivity (Wildman–Crippen MR) is 113 cm³/mol. The van der Waals surface area contributed by atoms with Crippen LogP contribution in [0.5, 0.6) is 0 Å². The fraction of sp³-hybridized carbons (Fsp3) is 0.250. The lowest BCUT2D eigenvalue weighted by atomic mass is 10.2. The first-order chi connectivity index (χ1) is 14.1. The third kappa shape index (κ3) is 2.61. The van der Waals surface area contributed by atoms with Crippen LogP contribution in [0.1, 0.15) is 24.5 Å². The minimum atomic E-state index is -0.101. The number of thiophene rings is 1. The second-order valence-electron chi connectivity index (χ2n) is 6.78. The molecule has 29 heavy (non-hydrogen) atoms. The average molecular weight is 406 g/mol. The van der Waals surface area contributed by atoms with Crippen molar-refractivity contribution in [1.82, 2.24) is 28.7 Å². The van der Waals surface area contributed by atoms with Crippen LogP contribution in [0.2, 0.25) is 0 Å². The molecular weight excluding hydrogens is 388 g/mol. The lowest BCUT2D eigenvalue weighted by molar-refractivity contribution is 0.697. The number of aryl methyl sites for hydroxylation is 2. The molecule has 0 aliphatic heterocycles. The van der Waals surface area contributed by atoms with Gasteiger partial charge in [-0.15, -0.1) is 21.5 Å². The molecular formula is C20H18N6O2S. The van der Waals surface area contributed by atoms with Crippen molar-refractivity contribution in [3.63, 3.8) is 0 Å². The van der Waals surface area contributed by atoms with Gasteiger partial charge in [-0.25, -0.2) is 4.98 Å². The quantitative estimate of drug-likeness (QED) is 0.458. The van der Waals surface area contributed by atoms with Crippen molar-refractivity contribution < 1.29 is 0 Å². The first-order valence-corrected chi connectivity index (χ1v) is 10.3. The van der Waals surface area contributed by atoms with E-state index >= 15 is 0 Å². The van der Waals surface area contributed by atoms with E-state index in [-0.39, 0.29) is 17.7 Å². The highest BCUT2D eigenvalue weighted by atomic mass is 32.1. The summed E-state index contributed by atoms with van der Waals surface area (Å²) >= 11 is 1.54. The molecule has 0 saturated heterocycles. The van der Waals surface area contributed by atoms with Gasteiger partial charge in [0.15, 0.2) is 5.82 Å². The Hall–Kier alpha value is -3.33. The molecule has 0 saturated carbocycles. The average Bonchev–Trinajstić information content (AvgIpc) is 3.35. The summed E-state index contributed by atoms with van der Waals surface area (Å²) in [5.74, 6) is 1.05. The zero-order valence-electron chi connectivity index (χ0n) is 16.0. The number of aromatic nitrogens is 6. The van der Waals surface area contributed by atoms with Gasteiger partial charge in [0.1, 0.15) is 4.83 Å². The van der Waals surface area contributed by atoms with Gasteiger partial charge >= 0.3 is 0 Å². The number of rotatable bonds is 4. The number of hydrogen-bond donors (Lipinski definition) is 0. The highest BCUT2D eigenvalue weighted by molar-refractivity contribution is 7.18. The lowest BCUT2D eigenvalue weighted by Crippen LogP contribution is -2.24. The fourth-order valence-corrected chi connectivity index (χ4v) is 4.58. The van der Waals surface area contributed by atoms with Crippen LogP contribution in [-0.2, 0) is 19.5 Å². The Morgan fingerprint density at radius 2 is 1.86 bits per heavy atom. The summed E-state index contributed by atoms with van der Waals surface area (Å²) in [6.45, 7) is 4.65. The van der Waals surface area contributed by atoms with E-state index in [4.69, 9.17) is 0 Å². The molecule has 4 heterocycles. The van der Waals surface area contributed by atoms with Gasteiger partial charge in [0, 0.05) is 11.4 Å². The third-order valence-electron chi connectivity index (χ3n) is 5.12. The van der Waals surface area contributed by atoms with Gasteiger partial charge in [-0.05, 0) is 31.5 Å². The molecule has 0 spiro atoms. The van der Waals surface area contributed by atoms with Crippen molar-refractivity contribution >= 4 is 38.2 Å². The molecule has 0 N–H and O–H groups in total. The largest absolute Gasteiger partial charge is 0.291 e. The number of benzene rings is 1. The normalized spacial score (nSPS) is 11.8. The van der Waals surface area contributed by atoms with Crippen LogP contribution in [0.3, 0.4) is 0 Å². The molecule has 5 aromatic rings. The van der Waals surface area contributed by atoms with Crippen LogP contribution >= 0.6 is 11.3 Å². The summed E-state index contributed by atoms with van der Waals surface area (Å²) in [6, 6.07) is 9.29. The second kappa shape index (κ2) is 6.63. The molecule has 9 heteroatoms. The number of nitrogens with zero attached hydrogens (tertiary/aromatic N) is 6. The molecule has 0 aliphatic rings. The molecule has 0 unspecified atom stereocenters. The summed E-state index contributed by atoms with van der Waals surface area (Å²) in [5, 5.41) is 9.76. The minimum absolute atomic E-state index is 0.0971. The Morgan fingerprint density at radius 1 is 1.03 bits per heavy atom. The number of hydrogen-bond acceptors (Lipinski definition) is 6. The topological polar surface area (TPSA) is 87.1 Å². The van der Waals surface area contributed by atoms with Gasteiger partial charge in [-0.2, -0.15) is 0 Å². The van der Waals surface area contributed by atoms with Gasteiger partial charge in [-0.1, -0.05) is 19.1 Å². The maximum atomic E-state index is 13.0. The summed E-state index contributed by atoms with van der Waals surface area (Å²) < 4.78 is 4.98. The van der Waals surface area contributed by atoms with Crippen LogP contribution in [0, 0.1) is 0 Å². The Kier molecular flexibility index (Phi) is 4.06. The smallest absolute Gasteiger partial charge is 0.262 e. The highest BCUT2D eigenvalue weighted by Gasteiger charge is 2.17. The molecule has 0 aliphatic carbocycles. The summed E-state index contributed by atoms with van der Waals surface area (Å²) in [6.07, 6.45) is 2.43. The first-order valence-electron chi connectivity index (χ1n) is 9.45. The third-order valence-corrected chi connectivity index (χ3v) is 6.31. The minimum Gasteiger partial charge on any atom is -0.291 e. The highest BCUT2D eigenvalue weighted by Crippen LogP contribution is 2.21. The van der Waals surface area contributed by atoms with Crippen molar-refractivity contribution in [2.24, 2.45) is 0 Å². The summed E-state index contributed by atoms with van der Waals surface area (Å²) in [7, 11) is 0. The van der Waals surface area contributed by atoms with Gasteiger partial charge in [0.25, 0.3) is 11.1 Å². The Morgan fingerprint density at radius 3 is 2.66 bits per heavy atom. The standard InChI is InChI=1S/C20H18N6O2S/c1-3-12-9-14-17(29-12)21-11-24(18(14)27)10-16-22-23-20-25(4-2)19(28)13-7-5-6-8-15(13)26(16)20/h5-9,11H,3-4,10H2,1-2H3. The van der Waals surface area contributed by atoms with Crippen LogP contribution in [0.15, 0.2) is 46.2 Å². The monoisotopic (exact) mass is 406 g/mol. The van der Waals surface area contributed by atoms with Gasteiger partial charge in [0.2, 0.25) is 5.78 Å². The van der Waals surface area contributed by atoms with Gasteiger partial charge in [0.05, 0.1) is 29.2 Å². The molecule has 0 radical (unpaired) electrons. The predicted octanol–water partition coefficient (Wildman–Crippen LogP) is 2.45. The van der Waals surface area contributed by atoms with E-state index in [9.17, 15) is 9.59 Å². The molecule has 5 rings (SSSR count). The van der Waals surface area contributed by atoms with E-state index in [1.807, 2.05) is 35.6 Å². The van der Waals surface area contributed by atoms with E-state index in [1.54, 1.807) is 32.9 Å². The molecule has 0 amide bonds. The summed E-state index contributed by atoms with van der Waals surface area (Å²) in [5.41, 5.74) is 0.527. The zero-order chi connectivity index (χ0) is 20.1. The number of para-hydroxylation sites is 1. The van der Waals surface area contributed by atoms with Crippen LogP contribution in [-0.4, -0.2) is 28.7 Å². The van der Waals surface area contributed by atoms with Crippen molar-refractivity contribution in [3.05, 3.63) is 68.1 Å². The van der Waals surface area contributed by atoms with Crippen LogP contribution in [0.25, 0.3) is 26.9 Å². The van der Waals surface area contributed by atoms with Gasteiger partial charge in [-0.3, -0.25) is 23.1 Å². The number of fused-ring (bicyclic) bond motifs is 4. The van der Waals surface area contributed by atoms with Crippen molar-refractivity contribution in [2.75, 3.05) is 0 Å². The Labute approximate surface area is 168 Å². The fourth-order valence-electron chi connectivity index (χ4n) is 3.65. The maximum absolute atomic E-state index is 13.0. The summed E-state index contributed by atoms with van der Waals surface area (Å²) in [4.78, 5) is 32.1. The van der Waals surface area contributed by atoms with E-state index in [0.717, 1.165) is 21.6 Å². The van der Waals surface area contributed by atoms with Crippen molar-refractivity contribution in [3.8, 4) is 0 Å². The first kappa shape index (κ1) is 17.7. The Bertz CT molecular complexity index is 1510. The van der Waals surface area contributed by atoms with Gasteiger partial charge < -0.3 is 0 Å². The lowest BCUT2D eigenvalue weighted by Gasteiger charge is -2.10. The van der Waals surface area contributed by atoms with E-state index in [1.165, 1.54) is 0 Å². The van der Waals surface area contributed by atoms with E-state index in [0.29, 0.717) is 28.9 Å². The second-order valence-corrected chi connectivity index (χ2v) is 7.90. The molecule has 146 valence electrons. The van der Waals surface area contributed by atoms with Crippen LogP contribution in [0.4, 0.5) is 0 Å². The maximum Gasteiger partial charge on any atom is 0.262 e. The van der Waals surface area contributed by atoms with E-state index < -0.39 is 0 Å². The molecule has 8 nitrogen and oxygen atoms in total.